The van der Waals surface area contributed by atoms with Gasteiger partial charge in [0.05, 0.1) is 11.0 Å². The Kier molecular flexibility index (Phi) is 4.74. The van der Waals surface area contributed by atoms with Gasteiger partial charge in [0, 0.05) is 38.5 Å². The number of rotatable bonds is 5. The zero-order chi connectivity index (χ0) is 18.1. The van der Waals surface area contributed by atoms with Crippen LogP contribution in [0.3, 0.4) is 0 Å². The van der Waals surface area contributed by atoms with E-state index in [9.17, 15) is 9.59 Å². The summed E-state index contributed by atoms with van der Waals surface area (Å²) in [5.41, 5.74) is 8.36. The summed E-state index contributed by atoms with van der Waals surface area (Å²) in [5, 5.41) is 0. The number of aromatic amines is 1. The van der Waals surface area contributed by atoms with Gasteiger partial charge in [-0.05, 0) is 30.9 Å². The van der Waals surface area contributed by atoms with Gasteiger partial charge in [0.1, 0.15) is 5.69 Å². The van der Waals surface area contributed by atoms with Gasteiger partial charge in [0.25, 0.3) is 5.56 Å². The number of hydrogen-bond acceptors (Lipinski definition) is 5. The Hall–Kier alpha value is -2.25. The first-order chi connectivity index (χ1) is 12.6. The number of benzene rings is 1. The number of carbonyl (C=O) groups excluding carboxylic acids is 1. The SMILES string of the molecule is CN(CC1NNC2CCCC21)C(=O)CCc1nc2ccccc2[nH]c1=O. The summed E-state index contributed by atoms with van der Waals surface area (Å²) in [4.78, 5) is 33.7. The first-order valence-corrected chi connectivity index (χ1v) is 9.35. The highest BCUT2D eigenvalue weighted by molar-refractivity contribution is 5.76. The normalized spacial score (nSPS) is 24.7. The molecule has 1 aliphatic heterocycles. The van der Waals surface area contributed by atoms with Crippen LogP contribution in [0.2, 0.25) is 0 Å². The van der Waals surface area contributed by atoms with Crippen LogP contribution in [0.25, 0.3) is 11.0 Å². The average Bonchev–Trinajstić information content (AvgIpc) is 3.24. The van der Waals surface area contributed by atoms with Crippen LogP contribution < -0.4 is 16.4 Å². The molecule has 2 heterocycles. The van der Waals surface area contributed by atoms with Crippen molar-refractivity contribution < 1.29 is 4.79 Å². The number of nitrogens with one attached hydrogen (secondary N) is 3. The van der Waals surface area contributed by atoms with Crippen LogP contribution in [0, 0.1) is 5.92 Å². The second kappa shape index (κ2) is 7.17. The van der Waals surface area contributed by atoms with Crippen molar-refractivity contribution in [3.63, 3.8) is 0 Å². The van der Waals surface area contributed by atoms with E-state index in [0.717, 1.165) is 11.0 Å². The minimum absolute atomic E-state index is 0.0441. The molecule has 1 aliphatic carbocycles. The summed E-state index contributed by atoms with van der Waals surface area (Å²) in [5.74, 6) is 0.651. The molecule has 2 fully saturated rings. The summed E-state index contributed by atoms with van der Waals surface area (Å²) in [6.07, 6.45) is 4.33. The molecule has 2 aromatic rings. The monoisotopic (exact) mass is 355 g/mol. The van der Waals surface area contributed by atoms with Crippen LogP contribution in [-0.4, -0.2) is 46.5 Å². The standard InChI is InChI=1S/C19H25N5O2/c1-24(11-17-12-5-4-8-13(12)22-23-17)18(25)10-9-16-19(26)21-15-7-3-2-6-14(15)20-16/h2-3,6-7,12-13,17,22-23H,4-5,8-11H2,1H3,(H,21,26). The van der Waals surface area contributed by atoms with Crippen molar-refractivity contribution in [3.05, 3.63) is 40.3 Å². The van der Waals surface area contributed by atoms with E-state index in [-0.39, 0.29) is 11.5 Å². The molecule has 26 heavy (non-hydrogen) atoms. The van der Waals surface area contributed by atoms with Gasteiger partial charge in [-0.15, -0.1) is 0 Å². The Morgan fingerprint density at radius 1 is 1.27 bits per heavy atom. The molecule has 0 spiro atoms. The Morgan fingerprint density at radius 3 is 3.00 bits per heavy atom. The Labute approximate surface area is 152 Å². The summed E-state index contributed by atoms with van der Waals surface area (Å²) < 4.78 is 0. The average molecular weight is 355 g/mol. The number of likely N-dealkylation sites (N-methyl/N-ethyl adjacent to an activating group) is 1. The first-order valence-electron chi connectivity index (χ1n) is 9.35. The van der Waals surface area contributed by atoms with Crippen molar-refractivity contribution in [1.82, 2.24) is 25.7 Å². The third-order valence-corrected chi connectivity index (χ3v) is 5.68. The third-order valence-electron chi connectivity index (χ3n) is 5.68. The van der Waals surface area contributed by atoms with Crippen LogP contribution >= 0.6 is 0 Å². The van der Waals surface area contributed by atoms with E-state index < -0.39 is 0 Å². The quantitative estimate of drug-likeness (QED) is 0.743. The first kappa shape index (κ1) is 17.2. The highest BCUT2D eigenvalue weighted by Gasteiger charge is 2.39. The lowest BCUT2D eigenvalue weighted by Crippen LogP contribution is -2.43. The van der Waals surface area contributed by atoms with Crippen molar-refractivity contribution in [1.29, 1.82) is 0 Å². The lowest BCUT2D eigenvalue weighted by Gasteiger charge is -2.24. The number of carbonyl (C=O) groups is 1. The molecule has 0 bridgehead atoms. The molecule has 1 saturated carbocycles. The molecule has 3 unspecified atom stereocenters. The molecule has 1 aromatic carbocycles. The highest BCUT2D eigenvalue weighted by atomic mass is 16.2. The number of fused-ring (bicyclic) bond motifs is 2. The Balaban J connectivity index is 1.36. The van der Waals surface area contributed by atoms with Crippen molar-refractivity contribution in [2.24, 2.45) is 5.92 Å². The van der Waals surface area contributed by atoms with Crippen molar-refractivity contribution in [3.8, 4) is 0 Å². The number of hydrogen-bond donors (Lipinski definition) is 3. The highest BCUT2D eigenvalue weighted by Crippen LogP contribution is 2.31. The van der Waals surface area contributed by atoms with Crippen molar-refractivity contribution in [2.45, 2.75) is 44.2 Å². The molecule has 3 N–H and O–H groups in total. The summed E-state index contributed by atoms with van der Waals surface area (Å²) in [7, 11) is 1.84. The Bertz CT molecular complexity index is 864. The van der Waals surface area contributed by atoms with Gasteiger partial charge in [0.2, 0.25) is 5.91 Å². The van der Waals surface area contributed by atoms with E-state index in [1.807, 2.05) is 31.3 Å². The molecule has 1 amide bonds. The fourth-order valence-corrected chi connectivity index (χ4v) is 4.20. The van der Waals surface area contributed by atoms with Gasteiger partial charge < -0.3 is 9.88 Å². The number of aromatic nitrogens is 2. The molecule has 1 aromatic heterocycles. The van der Waals surface area contributed by atoms with Gasteiger partial charge in [0.15, 0.2) is 0 Å². The molecule has 1 saturated heterocycles. The molecule has 138 valence electrons. The second-order valence-electron chi connectivity index (χ2n) is 7.40. The number of amides is 1. The molecule has 0 radical (unpaired) electrons. The lowest BCUT2D eigenvalue weighted by molar-refractivity contribution is -0.130. The predicted octanol–water partition coefficient (Wildman–Crippen LogP) is 0.959. The van der Waals surface area contributed by atoms with E-state index in [0.29, 0.717) is 43.1 Å². The maximum absolute atomic E-state index is 12.5. The van der Waals surface area contributed by atoms with E-state index in [4.69, 9.17) is 0 Å². The van der Waals surface area contributed by atoms with Crippen LogP contribution in [0.4, 0.5) is 0 Å². The lowest BCUT2D eigenvalue weighted by atomic mass is 9.97. The van der Waals surface area contributed by atoms with Crippen molar-refractivity contribution >= 4 is 16.9 Å². The zero-order valence-corrected chi connectivity index (χ0v) is 15.0. The number of nitrogens with zero attached hydrogens (tertiary/aromatic N) is 2. The minimum Gasteiger partial charge on any atom is -0.344 e. The van der Waals surface area contributed by atoms with Crippen LogP contribution in [0.5, 0.6) is 0 Å². The fraction of sp³-hybridized carbons (Fsp3) is 0.526. The largest absolute Gasteiger partial charge is 0.344 e. The molecule has 3 atom stereocenters. The molecule has 4 rings (SSSR count). The number of para-hydroxylation sites is 2. The van der Waals surface area contributed by atoms with Gasteiger partial charge in [-0.25, -0.2) is 4.98 Å². The number of hydrazine groups is 1. The smallest absolute Gasteiger partial charge is 0.270 e. The van der Waals surface area contributed by atoms with Crippen LogP contribution in [0.1, 0.15) is 31.4 Å². The Morgan fingerprint density at radius 2 is 2.12 bits per heavy atom. The summed E-state index contributed by atoms with van der Waals surface area (Å²) >= 11 is 0. The summed E-state index contributed by atoms with van der Waals surface area (Å²) in [6.45, 7) is 0.689. The zero-order valence-electron chi connectivity index (χ0n) is 15.0. The molecular weight excluding hydrogens is 330 g/mol. The van der Waals surface area contributed by atoms with Crippen molar-refractivity contribution in [2.75, 3.05) is 13.6 Å². The predicted molar refractivity (Wildman–Crippen MR) is 99.5 cm³/mol. The molecule has 7 nitrogen and oxygen atoms in total. The molecular formula is C19H25N5O2. The molecule has 2 aliphatic rings. The van der Waals surface area contributed by atoms with Gasteiger partial charge in [-0.1, -0.05) is 18.6 Å². The van der Waals surface area contributed by atoms with Gasteiger partial charge in [-0.2, -0.15) is 0 Å². The van der Waals surface area contributed by atoms with Crippen LogP contribution in [-0.2, 0) is 11.2 Å². The minimum atomic E-state index is -0.213. The topological polar surface area (TPSA) is 90.1 Å². The van der Waals surface area contributed by atoms with E-state index in [2.05, 4.69) is 20.8 Å². The maximum atomic E-state index is 12.5. The fourth-order valence-electron chi connectivity index (χ4n) is 4.20. The van der Waals surface area contributed by atoms with Gasteiger partial charge in [-0.3, -0.25) is 20.4 Å². The van der Waals surface area contributed by atoms with Crippen LogP contribution in [0.15, 0.2) is 29.1 Å². The van der Waals surface area contributed by atoms with E-state index in [1.54, 1.807) is 4.90 Å². The maximum Gasteiger partial charge on any atom is 0.270 e. The van der Waals surface area contributed by atoms with E-state index >= 15 is 0 Å². The third kappa shape index (κ3) is 3.37. The number of H-pyrrole nitrogens is 1. The second-order valence-corrected chi connectivity index (χ2v) is 7.40. The molecule has 7 heteroatoms. The number of aryl methyl sites for hydroxylation is 1. The summed E-state index contributed by atoms with van der Waals surface area (Å²) in [6, 6.07) is 8.28. The van der Waals surface area contributed by atoms with E-state index in [1.165, 1.54) is 19.3 Å². The van der Waals surface area contributed by atoms with Gasteiger partial charge >= 0.3 is 0 Å².